The Morgan fingerprint density at radius 2 is 2.12 bits per heavy atom. The average Bonchev–Trinajstić information content (AvgIpc) is 2.28. The Balaban J connectivity index is 2.50. The van der Waals surface area contributed by atoms with Gasteiger partial charge in [-0.3, -0.25) is 4.79 Å². The topological polar surface area (TPSA) is 29.1 Å². The number of nitrogens with one attached hydrogen (secondary N) is 1. The summed E-state index contributed by atoms with van der Waals surface area (Å²) in [6, 6.07) is 4.41. The Kier molecular flexibility index (Phi) is 4.96. The number of rotatable bonds is 5. The molecule has 0 heterocycles. The number of carbonyl (C=O) groups is 1. The van der Waals surface area contributed by atoms with Crippen LogP contribution in [0.1, 0.15) is 42.1 Å². The summed E-state index contributed by atoms with van der Waals surface area (Å²) in [6.07, 6.45) is 3.23. The second kappa shape index (κ2) is 6.26. The van der Waals surface area contributed by atoms with Crippen molar-refractivity contribution in [3.05, 3.63) is 35.1 Å². The molecule has 0 spiro atoms. The number of aryl methyl sites for hydroxylation is 1. The molecule has 0 aliphatic rings. The molecule has 88 valence electrons. The van der Waals surface area contributed by atoms with Crippen molar-refractivity contribution in [1.82, 2.24) is 5.32 Å². The standard InChI is InChI=1S/C13H18FNO/c1-3-4-5-8-15-13(16)11-6-7-12(14)10(2)9-11/h6-7,9H,3-5,8H2,1-2H3,(H,15,16). The first-order chi connectivity index (χ1) is 7.65. The van der Waals surface area contributed by atoms with Crippen LogP contribution in [0.15, 0.2) is 18.2 Å². The molecule has 0 aliphatic carbocycles. The highest BCUT2D eigenvalue weighted by Gasteiger charge is 2.06. The minimum atomic E-state index is -0.275. The van der Waals surface area contributed by atoms with E-state index in [2.05, 4.69) is 12.2 Å². The highest BCUT2D eigenvalue weighted by atomic mass is 19.1. The molecule has 0 saturated carbocycles. The maximum absolute atomic E-state index is 13.0. The molecule has 0 unspecified atom stereocenters. The van der Waals surface area contributed by atoms with Gasteiger partial charge in [-0.25, -0.2) is 4.39 Å². The Morgan fingerprint density at radius 1 is 1.38 bits per heavy atom. The van der Waals surface area contributed by atoms with Crippen molar-refractivity contribution in [3.63, 3.8) is 0 Å². The van der Waals surface area contributed by atoms with E-state index in [4.69, 9.17) is 0 Å². The van der Waals surface area contributed by atoms with E-state index in [0.29, 0.717) is 17.7 Å². The van der Waals surface area contributed by atoms with Gasteiger partial charge in [-0.05, 0) is 37.1 Å². The molecule has 1 N–H and O–H groups in total. The summed E-state index contributed by atoms with van der Waals surface area (Å²) in [7, 11) is 0. The van der Waals surface area contributed by atoms with Crippen LogP contribution in [-0.4, -0.2) is 12.5 Å². The van der Waals surface area contributed by atoms with E-state index in [1.54, 1.807) is 13.0 Å². The lowest BCUT2D eigenvalue weighted by molar-refractivity contribution is 0.0953. The lowest BCUT2D eigenvalue weighted by atomic mass is 10.1. The Hall–Kier alpha value is -1.38. The number of hydrogen-bond acceptors (Lipinski definition) is 1. The van der Waals surface area contributed by atoms with Crippen molar-refractivity contribution >= 4 is 5.91 Å². The van der Waals surface area contributed by atoms with Gasteiger partial charge >= 0.3 is 0 Å². The van der Waals surface area contributed by atoms with E-state index < -0.39 is 0 Å². The van der Waals surface area contributed by atoms with Crippen LogP contribution in [0.3, 0.4) is 0 Å². The number of amides is 1. The maximum Gasteiger partial charge on any atom is 0.251 e. The number of benzene rings is 1. The maximum atomic E-state index is 13.0. The van der Waals surface area contributed by atoms with Crippen LogP contribution < -0.4 is 5.32 Å². The molecule has 1 rings (SSSR count). The molecule has 16 heavy (non-hydrogen) atoms. The fourth-order valence-corrected chi connectivity index (χ4v) is 1.46. The third-order valence-corrected chi connectivity index (χ3v) is 2.49. The average molecular weight is 223 g/mol. The minimum absolute atomic E-state index is 0.126. The van der Waals surface area contributed by atoms with Crippen LogP contribution in [0, 0.1) is 12.7 Å². The first kappa shape index (κ1) is 12.7. The van der Waals surface area contributed by atoms with E-state index in [9.17, 15) is 9.18 Å². The van der Waals surface area contributed by atoms with E-state index >= 15 is 0 Å². The first-order valence-electron chi connectivity index (χ1n) is 5.69. The van der Waals surface area contributed by atoms with Crippen molar-refractivity contribution < 1.29 is 9.18 Å². The van der Waals surface area contributed by atoms with Gasteiger partial charge < -0.3 is 5.32 Å². The molecule has 2 nitrogen and oxygen atoms in total. The number of unbranched alkanes of at least 4 members (excludes halogenated alkanes) is 2. The monoisotopic (exact) mass is 223 g/mol. The summed E-state index contributed by atoms with van der Waals surface area (Å²) < 4.78 is 13.0. The zero-order chi connectivity index (χ0) is 12.0. The van der Waals surface area contributed by atoms with Crippen molar-refractivity contribution in [2.45, 2.75) is 33.1 Å². The summed E-state index contributed by atoms with van der Waals surface area (Å²) in [4.78, 5) is 11.6. The molecule has 3 heteroatoms. The fraction of sp³-hybridized carbons (Fsp3) is 0.462. The molecular formula is C13H18FNO. The molecule has 0 aromatic heterocycles. The van der Waals surface area contributed by atoms with Crippen LogP contribution >= 0.6 is 0 Å². The van der Waals surface area contributed by atoms with E-state index in [-0.39, 0.29) is 11.7 Å². The van der Waals surface area contributed by atoms with Crippen molar-refractivity contribution in [3.8, 4) is 0 Å². The van der Waals surface area contributed by atoms with Crippen molar-refractivity contribution in [2.24, 2.45) is 0 Å². The fourth-order valence-electron chi connectivity index (χ4n) is 1.46. The molecule has 1 amide bonds. The summed E-state index contributed by atoms with van der Waals surface area (Å²) in [6.45, 7) is 4.46. The predicted octanol–water partition coefficient (Wildman–Crippen LogP) is 3.05. The highest BCUT2D eigenvalue weighted by Crippen LogP contribution is 2.09. The van der Waals surface area contributed by atoms with Crippen molar-refractivity contribution in [2.75, 3.05) is 6.54 Å². The largest absolute Gasteiger partial charge is 0.352 e. The third kappa shape index (κ3) is 3.65. The lowest BCUT2D eigenvalue weighted by Crippen LogP contribution is -2.24. The summed E-state index contributed by atoms with van der Waals surface area (Å²) in [5.74, 6) is -0.401. The van der Waals surface area contributed by atoms with Crippen LogP contribution in [-0.2, 0) is 0 Å². The normalized spacial score (nSPS) is 10.2. The van der Waals surface area contributed by atoms with Crippen LogP contribution in [0.5, 0.6) is 0 Å². The van der Waals surface area contributed by atoms with Crippen LogP contribution in [0.4, 0.5) is 4.39 Å². The SMILES string of the molecule is CCCCCNC(=O)c1ccc(F)c(C)c1. The van der Waals surface area contributed by atoms with Gasteiger partial charge in [0.05, 0.1) is 0 Å². The quantitative estimate of drug-likeness (QED) is 0.764. The summed E-state index contributed by atoms with van der Waals surface area (Å²) in [5.41, 5.74) is 1.02. The van der Waals surface area contributed by atoms with Gasteiger partial charge in [-0.2, -0.15) is 0 Å². The number of halogens is 1. The minimum Gasteiger partial charge on any atom is -0.352 e. The molecule has 0 aliphatic heterocycles. The zero-order valence-corrected chi connectivity index (χ0v) is 9.85. The molecule has 0 bridgehead atoms. The highest BCUT2D eigenvalue weighted by molar-refractivity contribution is 5.94. The van der Waals surface area contributed by atoms with Gasteiger partial charge in [0.25, 0.3) is 5.91 Å². The molecule has 0 fully saturated rings. The van der Waals surface area contributed by atoms with Gasteiger partial charge in [0.1, 0.15) is 5.82 Å². The lowest BCUT2D eigenvalue weighted by Gasteiger charge is -2.05. The third-order valence-electron chi connectivity index (χ3n) is 2.49. The van der Waals surface area contributed by atoms with E-state index in [0.717, 1.165) is 19.3 Å². The van der Waals surface area contributed by atoms with E-state index in [1.807, 2.05) is 0 Å². The van der Waals surface area contributed by atoms with Crippen LogP contribution in [0.2, 0.25) is 0 Å². The Labute approximate surface area is 95.9 Å². The Morgan fingerprint density at radius 3 is 2.75 bits per heavy atom. The van der Waals surface area contributed by atoms with Gasteiger partial charge in [-0.1, -0.05) is 19.8 Å². The van der Waals surface area contributed by atoms with Gasteiger partial charge in [0, 0.05) is 12.1 Å². The second-order valence-corrected chi connectivity index (χ2v) is 3.93. The molecule has 1 aromatic rings. The van der Waals surface area contributed by atoms with Gasteiger partial charge in [-0.15, -0.1) is 0 Å². The summed E-state index contributed by atoms with van der Waals surface area (Å²) in [5, 5.41) is 2.82. The molecule has 0 radical (unpaired) electrons. The molecular weight excluding hydrogens is 205 g/mol. The molecule has 0 atom stereocenters. The molecule has 1 aromatic carbocycles. The van der Waals surface area contributed by atoms with Crippen LogP contribution in [0.25, 0.3) is 0 Å². The van der Waals surface area contributed by atoms with Crippen molar-refractivity contribution in [1.29, 1.82) is 0 Å². The second-order valence-electron chi connectivity index (χ2n) is 3.93. The summed E-state index contributed by atoms with van der Waals surface area (Å²) >= 11 is 0. The number of hydrogen-bond donors (Lipinski definition) is 1. The number of carbonyl (C=O) groups excluding carboxylic acids is 1. The zero-order valence-electron chi connectivity index (χ0n) is 9.85. The first-order valence-corrected chi connectivity index (χ1v) is 5.69. The smallest absolute Gasteiger partial charge is 0.251 e. The van der Waals surface area contributed by atoms with E-state index in [1.165, 1.54) is 12.1 Å². The molecule has 0 saturated heterocycles. The van der Waals surface area contributed by atoms with Gasteiger partial charge in [0.2, 0.25) is 0 Å². The van der Waals surface area contributed by atoms with Gasteiger partial charge in [0.15, 0.2) is 0 Å². The Bertz CT molecular complexity index is 363. The predicted molar refractivity (Wildman–Crippen MR) is 63.0 cm³/mol.